The molecule has 1 N–H and O–H groups in total. The molecule has 0 spiro atoms. The number of anilines is 1. The second-order valence-electron chi connectivity index (χ2n) is 6.84. The van der Waals surface area contributed by atoms with Gasteiger partial charge in [-0.1, -0.05) is 6.07 Å². The van der Waals surface area contributed by atoms with Crippen LogP contribution in [0.5, 0.6) is 0 Å². The predicted octanol–water partition coefficient (Wildman–Crippen LogP) is 4.22. The first-order chi connectivity index (χ1) is 14.7. The van der Waals surface area contributed by atoms with Gasteiger partial charge in [-0.3, -0.25) is 14.9 Å². The summed E-state index contributed by atoms with van der Waals surface area (Å²) in [6, 6.07) is 11.4. The van der Waals surface area contributed by atoms with Crippen LogP contribution in [0.4, 0.5) is 15.8 Å². The number of hydrogen-bond donors (Lipinski definition) is 1. The summed E-state index contributed by atoms with van der Waals surface area (Å²) in [6.45, 7) is 2.95. The summed E-state index contributed by atoms with van der Waals surface area (Å²) in [5, 5.41) is 13.8. The Hall–Kier alpha value is -4.01. The Kier molecular flexibility index (Phi) is 6.15. The van der Waals surface area contributed by atoms with Crippen molar-refractivity contribution in [2.45, 2.75) is 13.8 Å². The maximum Gasteiger partial charge on any atom is 0.340 e. The standard InChI is InChI=1S/C22H20FN3O5/c1-13-9-18(14(2)25(13)16-6-4-5-15(23)10-16)21(27)12-31-22(28)19-11-17(26(29)30)7-8-20(19)24-3/h4-11,24H,12H2,1-3H3. The van der Waals surface area contributed by atoms with E-state index in [0.29, 0.717) is 28.3 Å². The van der Waals surface area contributed by atoms with Gasteiger partial charge in [-0.2, -0.15) is 0 Å². The monoisotopic (exact) mass is 425 g/mol. The van der Waals surface area contributed by atoms with E-state index < -0.39 is 29.1 Å². The number of hydrogen-bond acceptors (Lipinski definition) is 6. The second-order valence-corrected chi connectivity index (χ2v) is 6.84. The van der Waals surface area contributed by atoms with E-state index >= 15 is 0 Å². The van der Waals surface area contributed by atoms with Gasteiger partial charge in [0.15, 0.2) is 6.61 Å². The van der Waals surface area contributed by atoms with Crippen molar-refractivity contribution in [3.05, 3.63) is 87.0 Å². The molecule has 0 unspecified atom stereocenters. The van der Waals surface area contributed by atoms with Crippen LogP contribution < -0.4 is 5.32 Å². The molecule has 0 bridgehead atoms. The van der Waals surface area contributed by atoms with Crippen LogP contribution in [0.25, 0.3) is 5.69 Å². The first-order valence-corrected chi connectivity index (χ1v) is 9.34. The smallest absolute Gasteiger partial charge is 0.340 e. The molecule has 160 valence electrons. The van der Waals surface area contributed by atoms with Crippen molar-refractivity contribution in [3.8, 4) is 5.69 Å². The Morgan fingerprint density at radius 2 is 1.87 bits per heavy atom. The number of ketones is 1. The maximum atomic E-state index is 13.6. The lowest BCUT2D eigenvalue weighted by Gasteiger charge is -2.10. The number of halogens is 1. The molecule has 2 aromatic carbocycles. The molecule has 0 fully saturated rings. The van der Waals surface area contributed by atoms with Crippen molar-refractivity contribution in [2.75, 3.05) is 19.0 Å². The van der Waals surface area contributed by atoms with Gasteiger partial charge in [0, 0.05) is 47.5 Å². The van der Waals surface area contributed by atoms with Crippen LogP contribution in [0.2, 0.25) is 0 Å². The van der Waals surface area contributed by atoms with Gasteiger partial charge in [0.25, 0.3) is 5.69 Å². The number of carbonyl (C=O) groups is 2. The summed E-state index contributed by atoms with van der Waals surface area (Å²) in [7, 11) is 1.56. The minimum atomic E-state index is -0.861. The molecule has 0 radical (unpaired) electrons. The topological polar surface area (TPSA) is 103 Å². The molecule has 1 heterocycles. The van der Waals surface area contributed by atoms with Crippen molar-refractivity contribution in [1.82, 2.24) is 4.57 Å². The van der Waals surface area contributed by atoms with Crippen LogP contribution in [-0.2, 0) is 4.74 Å². The fourth-order valence-electron chi connectivity index (χ4n) is 3.38. The Labute approximate surface area is 177 Å². The molecule has 3 aromatic rings. The summed E-state index contributed by atoms with van der Waals surface area (Å²) in [6.07, 6.45) is 0. The lowest BCUT2D eigenvalue weighted by atomic mass is 10.1. The van der Waals surface area contributed by atoms with E-state index in [1.54, 1.807) is 43.7 Å². The first kappa shape index (κ1) is 21.7. The quantitative estimate of drug-likeness (QED) is 0.263. The van der Waals surface area contributed by atoms with E-state index in [1.165, 1.54) is 24.3 Å². The Balaban J connectivity index is 1.81. The molecule has 9 heteroatoms. The van der Waals surface area contributed by atoms with E-state index in [2.05, 4.69) is 5.32 Å². The van der Waals surface area contributed by atoms with E-state index in [1.807, 2.05) is 0 Å². The fourth-order valence-corrected chi connectivity index (χ4v) is 3.38. The molecule has 0 atom stereocenters. The average Bonchev–Trinajstić information content (AvgIpc) is 3.05. The molecular weight excluding hydrogens is 405 g/mol. The molecule has 1 aromatic heterocycles. The third kappa shape index (κ3) is 4.45. The molecule has 0 saturated heterocycles. The number of ether oxygens (including phenoxy) is 1. The van der Waals surface area contributed by atoms with Crippen molar-refractivity contribution in [1.29, 1.82) is 0 Å². The lowest BCUT2D eigenvalue weighted by Crippen LogP contribution is -2.16. The molecule has 31 heavy (non-hydrogen) atoms. The number of Topliss-reactive ketones (excluding diaryl/α,β-unsaturated/α-hetero) is 1. The second kappa shape index (κ2) is 8.78. The van der Waals surface area contributed by atoms with E-state index in [-0.39, 0.29) is 11.3 Å². The first-order valence-electron chi connectivity index (χ1n) is 9.34. The van der Waals surface area contributed by atoms with Gasteiger partial charge >= 0.3 is 5.97 Å². The van der Waals surface area contributed by atoms with Crippen molar-refractivity contribution >= 4 is 23.1 Å². The Bertz CT molecular complexity index is 1190. The highest BCUT2D eigenvalue weighted by molar-refractivity contribution is 6.02. The zero-order chi connectivity index (χ0) is 22.7. The molecule has 0 amide bonds. The van der Waals surface area contributed by atoms with Crippen molar-refractivity contribution in [2.24, 2.45) is 0 Å². The molecule has 8 nitrogen and oxygen atoms in total. The largest absolute Gasteiger partial charge is 0.454 e. The third-order valence-corrected chi connectivity index (χ3v) is 4.84. The predicted molar refractivity (Wildman–Crippen MR) is 112 cm³/mol. The Morgan fingerprint density at radius 1 is 1.13 bits per heavy atom. The number of aromatic nitrogens is 1. The summed E-state index contributed by atoms with van der Waals surface area (Å²) in [5.74, 6) is -1.70. The number of nitrogens with zero attached hydrogens (tertiary/aromatic N) is 2. The zero-order valence-corrected chi connectivity index (χ0v) is 17.1. The minimum Gasteiger partial charge on any atom is -0.454 e. The van der Waals surface area contributed by atoms with E-state index in [4.69, 9.17) is 4.74 Å². The van der Waals surface area contributed by atoms with Gasteiger partial charge in [0.05, 0.1) is 10.5 Å². The fraction of sp³-hybridized carbons (Fsp3) is 0.182. The number of nitro groups is 1. The molecule has 3 rings (SSSR count). The number of aryl methyl sites for hydroxylation is 1. The third-order valence-electron chi connectivity index (χ3n) is 4.84. The highest BCUT2D eigenvalue weighted by Gasteiger charge is 2.21. The normalized spacial score (nSPS) is 10.6. The number of rotatable bonds is 7. The number of benzene rings is 2. The van der Waals surface area contributed by atoms with Crippen LogP contribution in [0.15, 0.2) is 48.5 Å². The number of nitro benzene ring substituents is 1. The van der Waals surface area contributed by atoms with Crippen LogP contribution in [0.1, 0.15) is 32.1 Å². The van der Waals surface area contributed by atoms with Crippen LogP contribution in [-0.4, -0.2) is 34.9 Å². The molecule has 0 aliphatic carbocycles. The zero-order valence-electron chi connectivity index (χ0n) is 17.1. The Morgan fingerprint density at radius 3 is 2.52 bits per heavy atom. The molecule has 0 saturated carbocycles. The SMILES string of the molecule is CNc1ccc([N+](=O)[O-])cc1C(=O)OCC(=O)c1cc(C)n(-c2cccc(F)c2)c1C. The molecular formula is C22H20FN3O5. The van der Waals surface area contributed by atoms with Crippen molar-refractivity contribution in [3.63, 3.8) is 0 Å². The summed E-state index contributed by atoms with van der Waals surface area (Å²) >= 11 is 0. The highest BCUT2D eigenvalue weighted by Crippen LogP contribution is 2.24. The number of esters is 1. The minimum absolute atomic E-state index is 0.0465. The molecule has 0 aliphatic rings. The van der Waals surface area contributed by atoms with E-state index in [0.717, 1.165) is 6.07 Å². The van der Waals surface area contributed by atoms with E-state index in [9.17, 15) is 24.1 Å². The van der Waals surface area contributed by atoms with Gasteiger partial charge < -0.3 is 14.6 Å². The van der Waals surface area contributed by atoms with Crippen LogP contribution in [0, 0.1) is 29.8 Å². The lowest BCUT2D eigenvalue weighted by molar-refractivity contribution is -0.384. The highest BCUT2D eigenvalue weighted by atomic mass is 19.1. The van der Waals surface area contributed by atoms with Gasteiger partial charge in [-0.05, 0) is 44.2 Å². The average molecular weight is 425 g/mol. The van der Waals surface area contributed by atoms with Gasteiger partial charge in [-0.25, -0.2) is 9.18 Å². The van der Waals surface area contributed by atoms with Crippen LogP contribution in [0.3, 0.4) is 0 Å². The maximum absolute atomic E-state index is 13.6. The summed E-state index contributed by atoms with van der Waals surface area (Å²) < 4.78 is 20.5. The number of carbonyl (C=O) groups excluding carboxylic acids is 2. The molecule has 0 aliphatic heterocycles. The number of non-ortho nitro benzene ring substituents is 1. The van der Waals surface area contributed by atoms with Crippen molar-refractivity contribution < 1.29 is 23.6 Å². The van der Waals surface area contributed by atoms with Gasteiger partial charge in [0.2, 0.25) is 5.78 Å². The van der Waals surface area contributed by atoms with Gasteiger partial charge in [0.1, 0.15) is 5.82 Å². The summed E-state index contributed by atoms with van der Waals surface area (Å²) in [5.41, 5.74) is 2.23. The number of nitrogens with one attached hydrogen (secondary N) is 1. The summed E-state index contributed by atoms with van der Waals surface area (Å²) in [4.78, 5) is 35.5. The van der Waals surface area contributed by atoms with Gasteiger partial charge in [-0.15, -0.1) is 0 Å². The van der Waals surface area contributed by atoms with Crippen LogP contribution >= 0.6 is 0 Å².